The van der Waals surface area contributed by atoms with Crippen molar-refractivity contribution in [2.24, 2.45) is 0 Å². The van der Waals surface area contributed by atoms with Crippen molar-refractivity contribution in [1.29, 1.82) is 0 Å². The lowest BCUT2D eigenvalue weighted by Gasteiger charge is -2.15. The number of hydrogen-bond donors (Lipinski definition) is 1. The van der Waals surface area contributed by atoms with Crippen LogP contribution in [0.15, 0.2) is 48.5 Å². The molecular formula is C16H17Cl2NO3S. The quantitative estimate of drug-likeness (QED) is 0.800. The minimum absolute atomic E-state index is 0.165. The van der Waals surface area contributed by atoms with E-state index in [1.165, 1.54) is 0 Å². The Morgan fingerprint density at radius 2 is 1.78 bits per heavy atom. The predicted octanol–water partition coefficient (Wildman–Crippen LogP) is 3.88. The van der Waals surface area contributed by atoms with Crippen molar-refractivity contribution in [2.45, 2.75) is 18.8 Å². The molecule has 4 nitrogen and oxygen atoms in total. The summed E-state index contributed by atoms with van der Waals surface area (Å²) in [5.41, 5.74) is 0.573. The van der Waals surface area contributed by atoms with Gasteiger partial charge in [0, 0.05) is 6.54 Å². The SMILES string of the molecule is CC(CNS(=O)(=O)Cc1ccc(Cl)c(Cl)c1)Oc1ccccc1. The van der Waals surface area contributed by atoms with Crippen molar-refractivity contribution in [3.63, 3.8) is 0 Å². The van der Waals surface area contributed by atoms with E-state index in [0.29, 0.717) is 21.4 Å². The second kappa shape index (κ2) is 8.02. The van der Waals surface area contributed by atoms with E-state index in [1.807, 2.05) is 30.3 Å². The third-order valence-corrected chi connectivity index (χ3v) is 5.07. The van der Waals surface area contributed by atoms with Crippen molar-refractivity contribution in [3.8, 4) is 5.75 Å². The van der Waals surface area contributed by atoms with Gasteiger partial charge in [0.05, 0.1) is 15.8 Å². The maximum absolute atomic E-state index is 12.1. The molecule has 0 spiro atoms. The molecule has 0 aliphatic heterocycles. The van der Waals surface area contributed by atoms with Gasteiger partial charge < -0.3 is 4.74 Å². The van der Waals surface area contributed by atoms with E-state index in [9.17, 15) is 8.42 Å². The van der Waals surface area contributed by atoms with Gasteiger partial charge in [0.2, 0.25) is 10.0 Å². The molecule has 0 aliphatic carbocycles. The largest absolute Gasteiger partial charge is 0.489 e. The third-order valence-electron chi connectivity index (χ3n) is 3.01. The van der Waals surface area contributed by atoms with Crippen molar-refractivity contribution in [2.75, 3.05) is 6.54 Å². The molecule has 0 bridgehead atoms. The lowest BCUT2D eigenvalue weighted by atomic mass is 10.2. The van der Waals surface area contributed by atoms with Crippen LogP contribution in [0.1, 0.15) is 12.5 Å². The molecule has 124 valence electrons. The molecule has 0 saturated carbocycles. The normalized spacial score (nSPS) is 12.8. The van der Waals surface area contributed by atoms with Gasteiger partial charge in [-0.1, -0.05) is 47.5 Å². The number of rotatable bonds is 7. The van der Waals surface area contributed by atoms with Crippen LogP contribution in [0.2, 0.25) is 10.0 Å². The third kappa shape index (κ3) is 6.03. The molecule has 23 heavy (non-hydrogen) atoms. The number of para-hydroxylation sites is 1. The van der Waals surface area contributed by atoms with Crippen molar-refractivity contribution in [3.05, 3.63) is 64.1 Å². The Kier molecular flexibility index (Phi) is 6.30. The molecule has 2 aromatic carbocycles. The zero-order chi connectivity index (χ0) is 16.9. The van der Waals surface area contributed by atoms with Crippen LogP contribution >= 0.6 is 23.2 Å². The van der Waals surface area contributed by atoms with E-state index < -0.39 is 10.0 Å². The first-order valence-corrected chi connectivity index (χ1v) is 9.39. The number of hydrogen-bond acceptors (Lipinski definition) is 3. The topological polar surface area (TPSA) is 55.4 Å². The van der Waals surface area contributed by atoms with Gasteiger partial charge in [-0.25, -0.2) is 13.1 Å². The summed E-state index contributed by atoms with van der Waals surface area (Å²) in [6.07, 6.45) is -0.291. The first-order valence-electron chi connectivity index (χ1n) is 6.99. The van der Waals surface area contributed by atoms with E-state index in [2.05, 4.69) is 4.72 Å². The molecule has 7 heteroatoms. The van der Waals surface area contributed by atoms with E-state index in [-0.39, 0.29) is 18.4 Å². The Labute approximate surface area is 146 Å². The minimum atomic E-state index is -3.48. The summed E-state index contributed by atoms with van der Waals surface area (Å²) in [6, 6.07) is 14.0. The molecule has 0 amide bonds. The Morgan fingerprint density at radius 3 is 2.43 bits per heavy atom. The summed E-state index contributed by atoms with van der Waals surface area (Å²) in [6.45, 7) is 1.98. The van der Waals surface area contributed by atoms with Crippen molar-refractivity contribution in [1.82, 2.24) is 4.72 Å². The van der Waals surface area contributed by atoms with Gasteiger partial charge in [0.15, 0.2) is 0 Å². The Morgan fingerprint density at radius 1 is 1.09 bits per heavy atom. The number of halogens is 2. The van der Waals surface area contributed by atoms with Crippen LogP contribution in [0.25, 0.3) is 0 Å². The second-order valence-corrected chi connectivity index (χ2v) is 7.72. The highest BCUT2D eigenvalue weighted by Gasteiger charge is 2.14. The molecule has 0 aliphatic rings. The molecule has 2 rings (SSSR count). The van der Waals surface area contributed by atoms with Crippen molar-refractivity contribution < 1.29 is 13.2 Å². The van der Waals surface area contributed by atoms with Crippen LogP contribution in [0, 0.1) is 0 Å². The first kappa shape index (κ1) is 18.1. The number of ether oxygens (including phenoxy) is 1. The standard InChI is InChI=1S/C16H17Cl2NO3S/c1-12(22-14-5-3-2-4-6-14)10-19-23(20,21)11-13-7-8-15(17)16(18)9-13/h2-9,12,19H,10-11H2,1H3. The maximum atomic E-state index is 12.1. The second-order valence-electron chi connectivity index (χ2n) is 5.10. The van der Waals surface area contributed by atoms with Crippen molar-refractivity contribution >= 4 is 33.2 Å². The van der Waals surface area contributed by atoms with Gasteiger partial charge in [-0.2, -0.15) is 0 Å². The Bertz CT molecular complexity index is 751. The van der Waals surface area contributed by atoms with Gasteiger partial charge in [-0.3, -0.25) is 0 Å². The predicted molar refractivity (Wildman–Crippen MR) is 93.6 cm³/mol. The van der Waals surface area contributed by atoms with Gasteiger partial charge in [-0.05, 0) is 36.8 Å². The number of benzene rings is 2. The molecule has 1 unspecified atom stereocenters. The van der Waals surface area contributed by atoms with Gasteiger partial charge >= 0.3 is 0 Å². The summed E-state index contributed by atoms with van der Waals surface area (Å²) < 4.78 is 32.4. The highest BCUT2D eigenvalue weighted by Crippen LogP contribution is 2.23. The summed E-state index contributed by atoms with van der Waals surface area (Å²) in [5.74, 6) is 0.533. The Balaban J connectivity index is 1.89. The van der Waals surface area contributed by atoms with Crippen LogP contribution in [-0.4, -0.2) is 21.1 Å². The molecule has 0 saturated heterocycles. The lowest BCUT2D eigenvalue weighted by Crippen LogP contribution is -2.34. The average molecular weight is 374 g/mol. The highest BCUT2D eigenvalue weighted by atomic mass is 35.5. The molecule has 0 aromatic heterocycles. The van der Waals surface area contributed by atoms with E-state index >= 15 is 0 Å². The van der Waals surface area contributed by atoms with E-state index in [1.54, 1.807) is 25.1 Å². The van der Waals surface area contributed by atoms with E-state index in [4.69, 9.17) is 27.9 Å². The van der Waals surface area contributed by atoms with Gasteiger partial charge in [-0.15, -0.1) is 0 Å². The first-order chi connectivity index (χ1) is 10.9. The molecule has 1 atom stereocenters. The summed E-state index contributed by atoms with van der Waals surface area (Å²) in [5, 5.41) is 0.728. The average Bonchev–Trinajstić information content (AvgIpc) is 2.50. The number of sulfonamides is 1. The highest BCUT2D eigenvalue weighted by molar-refractivity contribution is 7.88. The molecule has 0 fully saturated rings. The monoisotopic (exact) mass is 373 g/mol. The fraction of sp³-hybridized carbons (Fsp3) is 0.250. The fourth-order valence-corrected chi connectivity index (χ4v) is 3.45. The van der Waals surface area contributed by atoms with Gasteiger partial charge in [0.1, 0.15) is 11.9 Å². The molecule has 1 N–H and O–H groups in total. The minimum Gasteiger partial charge on any atom is -0.489 e. The van der Waals surface area contributed by atoms with Gasteiger partial charge in [0.25, 0.3) is 0 Å². The summed E-state index contributed by atoms with van der Waals surface area (Å²) >= 11 is 11.7. The van der Waals surface area contributed by atoms with Crippen LogP contribution in [0.4, 0.5) is 0 Å². The maximum Gasteiger partial charge on any atom is 0.215 e. The molecule has 2 aromatic rings. The van der Waals surface area contributed by atoms with Crippen LogP contribution < -0.4 is 9.46 Å². The van der Waals surface area contributed by atoms with Crippen LogP contribution in [0.3, 0.4) is 0 Å². The Hall–Kier alpha value is -1.27. The number of nitrogens with one attached hydrogen (secondary N) is 1. The van der Waals surface area contributed by atoms with E-state index in [0.717, 1.165) is 0 Å². The summed E-state index contributed by atoms with van der Waals surface area (Å²) in [7, 11) is -3.48. The zero-order valence-electron chi connectivity index (χ0n) is 12.5. The zero-order valence-corrected chi connectivity index (χ0v) is 14.8. The fourth-order valence-electron chi connectivity index (χ4n) is 1.92. The van der Waals surface area contributed by atoms with Crippen LogP contribution in [-0.2, 0) is 15.8 Å². The molecule has 0 radical (unpaired) electrons. The molecular weight excluding hydrogens is 357 g/mol. The lowest BCUT2D eigenvalue weighted by molar-refractivity contribution is 0.225. The molecule has 0 heterocycles. The van der Waals surface area contributed by atoms with Crippen LogP contribution in [0.5, 0.6) is 5.75 Å². The smallest absolute Gasteiger partial charge is 0.215 e. The summed E-state index contributed by atoms with van der Waals surface area (Å²) in [4.78, 5) is 0.